The van der Waals surface area contributed by atoms with E-state index in [4.69, 9.17) is 0 Å². The monoisotopic (exact) mass is 303 g/mol. The molecular weight excluding hydrogens is 282 g/mol. The van der Waals surface area contributed by atoms with Crippen LogP contribution in [0.2, 0.25) is 0 Å². The number of amides is 1. The number of carbonyl (C=O) groups is 1. The van der Waals surface area contributed by atoms with Gasteiger partial charge in [-0.25, -0.2) is 0 Å². The van der Waals surface area contributed by atoms with Crippen molar-refractivity contribution in [1.29, 1.82) is 0 Å². The number of hydrogen-bond acceptors (Lipinski definition) is 3. The fraction of sp³-hybridized carbons (Fsp3) is 0.500. The van der Waals surface area contributed by atoms with Crippen molar-refractivity contribution in [3.63, 3.8) is 0 Å². The molecule has 0 spiro atoms. The normalized spacial score (nSPS) is 18.9. The molecule has 0 aliphatic carbocycles. The Bertz CT molecular complexity index is 590. The number of aromatic nitrogens is 2. The van der Waals surface area contributed by atoms with E-state index in [0.29, 0.717) is 12.3 Å². The quantitative estimate of drug-likeness (QED) is 0.943. The van der Waals surface area contributed by atoms with Crippen LogP contribution in [0.4, 0.5) is 0 Å². The van der Waals surface area contributed by atoms with E-state index in [9.17, 15) is 4.79 Å². The van der Waals surface area contributed by atoms with E-state index in [1.807, 2.05) is 11.8 Å². The number of nitrogens with one attached hydrogen (secondary N) is 1. The van der Waals surface area contributed by atoms with Crippen molar-refractivity contribution in [1.82, 2.24) is 15.1 Å². The molecule has 0 saturated carbocycles. The minimum Gasteiger partial charge on any atom is -0.342 e. The summed E-state index contributed by atoms with van der Waals surface area (Å²) in [4.78, 5) is 14.4. The number of carbonyl (C=O) groups excluding carboxylic acids is 1. The number of aryl methyl sites for hydroxylation is 2. The molecule has 1 aliphatic heterocycles. The van der Waals surface area contributed by atoms with Gasteiger partial charge in [-0.2, -0.15) is 16.4 Å². The summed E-state index contributed by atoms with van der Waals surface area (Å²) < 4.78 is 0. The highest BCUT2D eigenvalue weighted by Crippen LogP contribution is 2.26. The Hall–Kier alpha value is -1.62. The van der Waals surface area contributed by atoms with Crippen LogP contribution in [-0.2, 0) is 11.2 Å². The van der Waals surface area contributed by atoms with Crippen molar-refractivity contribution in [2.45, 2.75) is 38.5 Å². The molecule has 1 aliphatic rings. The fourth-order valence-electron chi connectivity index (χ4n) is 2.94. The topological polar surface area (TPSA) is 49.0 Å². The van der Waals surface area contributed by atoms with Gasteiger partial charge < -0.3 is 4.90 Å². The molecule has 0 bridgehead atoms. The first-order valence-electron chi connectivity index (χ1n) is 7.53. The second-order valence-electron chi connectivity index (χ2n) is 5.79. The Balaban J connectivity index is 1.56. The van der Waals surface area contributed by atoms with E-state index in [1.165, 1.54) is 5.56 Å². The Morgan fingerprint density at radius 3 is 3.19 bits per heavy atom. The van der Waals surface area contributed by atoms with E-state index in [-0.39, 0.29) is 5.91 Å². The summed E-state index contributed by atoms with van der Waals surface area (Å²) in [5.74, 6) is 0.659. The van der Waals surface area contributed by atoms with Crippen LogP contribution in [0.15, 0.2) is 22.9 Å². The van der Waals surface area contributed by atoms with Crippen molar-refractivity contribution in [3.8, 4) is 0 Å². The summed E-state index contributed by atoms with van der Waals surface area (Å²) in [7, 11) is 0. The third-order valence-corrected chi connectivity index (χ3v) is 4.86. The first kappa shape index (κ1) is 14.3. The number of nitrogens with zero attached hydrogens (tertiary/aromatic N) is 2. The third kappa shape index (κ3) is 3.53. The standard InChI is InChI=1S/C16H21N3OS/c1-12-9-15(18-17-12)14-3-2-7-19(10-14)16(20)5-4-13-6-8-21-11-13/h6,8-9,11,14H,2-5,7,10H2,1H3,(H,17,18)/t14-/m0/s1. The molecule has 1 amide bonds. The van der Waals surface area contributed by atoms with Crippen molar-refractivity contribution in [2.75, 3.05) is 13.1 Å². The molecule has 1 saturated heterocycles. The molecule has 0 unspecified atom stereocenters. The summed E-state index contributed by atoms with van der Waals surface area (Å²) in [6.45, 7) is 3.72. The van der Waals surface area contributed by atoms with Gasteiger partial charge in [0.25, 0.3) is 0 Å². The van der Waals surface area contributed by atoms with Gasteiger partial charge in [0.15, 0.2) is 0 Å². The molecule has 2 aromatic rings. The minimum absolute atomic E-state index is 0.276. The zero-order valence-electron chi connectivity index (χ0n) is 12.3. The Morgan fingerprint density at radius 1 is 1.57 bits per heavy atom. The molecule has 1 N–H and O–H groups in total. The lowest BCUT2D eigenvalue weighted by Gasteiger charge is -2.32. The first-order valence-corrected chi connectivity index (χ1v) is 8.47. The Kier molecular flexibility index (Phi) is 4.39. The van der Waals surface area contributed by atoms with Crippen LogP contribution in [0.1, 0.15) is 42.1 Å². The van der Waals surface area contributed by atoms with Crippen LogP contribution in [0, 0.1) is 6.92 Å². The zero-order valence-corrected chi connectivity index (χ0v) is 13.2. The molecule has 1 fully saturated rings. The summed E-state index contributed by atoms with van der Waals surface area (Å²) in [6, 6.07) is 4.20. The maximum atomic E-state index is 12.4. The van der Waals surface area contributed by atoms with Gasteiger partial charge in [-0.3, -0.25) is 9.89 Å². The maximum absolute atomic E-state index is 12.4. The van der Waals surface area contributed by atoms with Crippen molar-refractivity contribution >= 4 is 17.2 Å². The summed E-state index contributed by atoms with van der Waals surface area (Å²) >= 11 is 1.69. The number of piperidine rings is 1. The average molecular weight is 303 g/mol. The number of hydrogen-bond donors (Lipinski definition) is 1. The van der Waals surface area contributed by atoms with Crippen LogP contribution >= 0.6 is 11.3 Å². The molecule has 112 valence electrons. The van der Waals surface area contributed by atoms with E-state index < -0.39 is 0 Å². The molecular formula is C16H21N3OS. The van der Waals surface area contributed by atoms with Gasteiger partial charge in [0.1, 0.15) is 0 Å². The van der Waals surface area contributed by atoms with Gasteiger partial charge in [-0.05, 0) is 54.6 Å². The highest BCUT2D eigenvalue weighted by atomic mass is 32.1. The third-order valence-electron chi connectivity index (χ3n) is 4.13. The number of H-pyrrole nitrogens is 1. The molecule has 4 nitrogen and oxygen atoms in total. The predicted octanol–water partition coefficient (Wildman–Crippen LogP) is 3.12. The van der Waals surface area contributed by atoms with Crippen LogP contribution in [0.25, 0.3) is 0 Å². The molecule has 0 radical (unpaired) electrons. The van der Waals surface area contributed by atoms with Crippen molar-refractivity contribution in [3.05, 3.63) is 39.8 Å². The molecule has 0 aromatic carbocycles. The summed E-state index contributed by atoms with van der Waals surface area (Å²) in [6.07, 6.45) is 3.66. The van der Waals surface area contributed by atoms with Gasteiger partial charge in [0, 0.05) is 31.1 Å². The second kappa shape index (κ2) is 6.43. The predicted molar refractivity (Wildman–Crippen MR) is 84.5 cm³/mol. The molecule has 5 heteroatoms. The lowest BCUT2D eigenvalue weighted by Crippen LogP contribution is -2.39. The van der Waals surface area contributed by atoms with Gasteiger partial charge in [-0.1, -0.05) is 0 Å². The van der Waals surface area contributed by atoms with E-state index in [2.05, 4.69) is 33.1 Å². The molecule has 21 heavy (non-hydrogen) atoms. The number of thiophene rings is 1. The van der Waals surface area contributed by atoms with E-state index in [0.717, 1.165) is 43.7 Å². The first-order chi connectivity index (χ1) is 10.2. The lowest BCUT2D eigenvalue weighted by molar-refractivity contribution is -0.132. The van der Waals surface area contributed by atoms with Gasteiger partial charge in [0.05, 0.1) is 5.69 Å². The van der Waals surface area contributed by atoms with Gasteiger partial charge in [0.2, 0.25) is 5.91 Å². The smallest absolute Gasteiger partial charge is 0.222 e. The van der Waals surface area contributed by atoms with Gasteiger partial charge in [-0.15, -0.1) is 0 Å². The second-order valence-corrected chi connectivity index (χ2v) is 6.57. The number of aromatic amines is 1. The molecule has 3 rings (SSSR count). The number of likely N-dealkylation sites (tertiary alicyclic amines) is 1. The summed E-state index contributed by atoms with van der Waals surface area (Å²) in [5, 5.41) is 11.5. The minimum atomic E-state index is 0.276. The van der Waals surface area contributed by atoms with Crippen LogP contribution in [0.3, 0.4) is 0 Å². The fourth-order valence-corrected chi connectivity index (χ4v) is 3.64. The Labute approximate surface area is 129 Å². The van der Waals surface area contributed by atoms with Gasteiger partial charge >= 0.3 is 0 Å². The lowest BCUT2D eigenvalue weighted by atomic mass is 9.94. The van der Waals surface area contributed by atoms with Crippen LogP contribution in [0.5, 0.6) is 0 Å². The largest absolute Gasteiger partial charge is 0.342 e. The van der Waals surface area contributed by atoms with Crippen molar-refractivity contribution in [2.24, 2.45) is 0 Å². The summed E-state index contributed by atoms with van der Waals surface area (Å²) in [5.41, 5.74) is 3.46. The number of rotatable bonds is 4. The SMILES string of the molecule is Cc1cc([C@H]2CCCN(C(=O)CCc3ccsc3)C2)n[nH]1. The highest BCUT2D eigenvalue weighted by molar-refractivity contribution is 7.07. The highest BCUT2D eigenvalue weighted by Gasteiger charge is 2.25. The van der Waals surface area contributed by atoms with Crippen molar-refractivity contribution < 1.29 is 4.79 Å². The molecule has 1 atom stereocenters. The van der Waals surface area contributed by atoms with E-state index >= 15 is 0 Å². The molecule has 3 heterocycles. The zero-order chi connectivity index (χ0) is 14.7. The average Bonchev–Trinajstić information content (AvgIpc) is 3.16. The Morgan fingerprint density at radius 2 is 2.48 bits per heavy atom. The van der Waals surface area contributed by atoms with Crippen LogP contribution < -0.4 is 0 Å². The van der Waals surface area contributed by atoms with E-state index in [1.54, 1.807) is 11.3 Å². The van der Waals surface area contributed by atoms with Crippen LogP contribution in [-0.4, -0.2) is 34.1 Å². The molecule has 2 aromatic heterocycles. The maximum Gasteiger partial charge on any atom is 0.222 e.